The lowest BCUT2D eigenvalue weighted by Crippen LogP contribution is -2.48. The van der Waals surface area contributed by atoms with Crippen molar-refractivity contribution >= 4 is 23.6 Å². The summed E-state index contributed by atoms with van der Waals surface area (Å²) in [6, 6.07) is -0.684. The van der Waals surface area contributed by atoms with E-state index in [-0.39, 0.29) is 24.1 Å². The topological polar surface area (TPSA) is 101 Å². The molecule has 18 heavy (non-hydrogen) atoms. The molecule has 1 aromatic heterocycles. The highest BCUT2D eigenvalue weighted by Crippen LogP contribution is 2.18. The number of rotatable bonds is 2. The van der Waals surface area contributed by atoms with Gasteiger partial charge in [-0.1, -0.05) is 0 Å². The summed E-state index contributed by atoms with van der Waals surface area (Å²) in [7, 11) is 1.39. The van der Waals surface area contributed by atoms with Crippen molar-refractivity contribution in [1.82, 2.24) is 14.9 Å². The fraction of sp³-hybridized carbons (Fsp3) is 0.400. The van der Waals surface area contributed by atoms with E-state index in [4.69, 9.17) is 5.73 Å². The number of nitrogen functional groups attached to an aromatic ring is 1. The van der Waals surface area contributed by atoms with Crippen molar-refractivity contribution in [2.75, 3.05) is 18.1 Å². The molecule has 0 radical (unpaired) electrons. The number of nitrogens with two attached hydrogens (primary N) is 1. The summed E-state index contributed by atoms with van der Waals surface area (Å²) in [6.07, 6.45) is 1.44. The van der Waals surface area contributed by atoms with Crippen LogP contribution in [0.5, 0.6) is 0 Å². The first-order chi connectivity index (χ1) is 8.49. The molecule has 0 saturated carbocycles. The number of hydrogen-bond donors (Lipinski definition) is 2. The lowest BCUT2D eigenvalue weighted by atomic mass is 10.0. The normalized spacial score (nSPS) is 20.1. The highest BCUT2D eigenvalue weighted by molar-refractivity contribution is 6.01. The Morgan fingerprint density at radius 3 is 3.00 bits per heavy atom. The van der Waals surface area contributed by atoms with E-state index in [9.17, 15) is 14.0 Å². The number of anilines is 2. The number of aromatic nitrogens is 2. The average Bonchev–Trinajstić information content (AvgIpc) is 2.34. The Kier molecular flexibility index (Phi) is 3.09. The SMILES string of the molecule is CN1C(=O)CCC(Nc2nc(N)ncc2F)C1=O. The molecular weight excluding hydrogens is 241 g/mol. The molecule has 3 N–H and O–H groups in total. The maximum atomic E-state index is 13.4. The van der Waals surface area contributed by atoms with E-state index in [1.165, 1.54) is 7.05 Å². The van der Waals surface area contributed by atoms with Crippen LogP contribution in [0.2, 0.25) is 0 Å². The van der Waals surface area contributed by atoms with Crippen LogP contribution in [0.15, 0.2) is 6.20 Å². The van der Waals surface area contributed by atoms with Gasteiger partial charge in [-0.3, -0.25) is 14.5 Å². The summed E-state index contributed by atoms with van der Waals surface area (Å²) in [5.41, 5.74) is 5.34. The molecule has 0 aliphatic carbocycles. The molecule has 1 unspecified atom stereocenters. The first-order valence-corrected chi connectivity index (χ1v) is 5.34. The molecule has 0 bridgehead atoms. The van der Waals surface area contributed by atoms with Crippen LogP contribution in [-0.4, -0.2) is 39.8 Å². The van der Waals surface area contributed by atoms with Crippen LogP contribution in [0.25, 0.3) is 0 Å². The highest BCUT2D eigenvalue weighted by Gasteiger charge is 2.32. The lowest BCUT2D eigenvalue weighted by Gasteiger charge is -2.28. The third-order valence-electron chi connectivity index (χ3n) is 2.72. The Labute approximate surface area is 102 Å². The number of imide groups is 1. The van der Waals surface area contributed by atoms with E-state index in [0.717, 1.165) is 11.1 Å². The summed E-state index contributed by atoms with van der Waals surface area (Å²) in [6.45, 7) is 0. The molecule has 2 heterocycles. The molecular formula is C10H12FN5O2. The Hall–Kier alpha value is -2.25. The third-order valence-corrected chi connectivity index (χ3v) is 2.72. The van der Waals surface area contributed by atoms with Gasteiger partial charge >= 0.3 is 0 Å². The largest absolute Gasteiger partial charge is 0.368 e. The summed E-state index contributed by atoms with van der Waals surface area (Å²) in [5, 5.41) is 2.64. The monoisotopic (exact) mass is 253 g/mol. The van der Waals surface area contributed by atoms with Gasteiger partial charge in [0.05, 0.1) is 6.20 Å². The van der Waals surface area contributed by atoms with E-state index in [0.29, 0.717) is 6.42 Å². The van der Waals surface area contributed by atoms with Crippen LogP contribution in [0, 0.1) is 5.82 Å². The van der Waals surface area contributed by atoms with Crippen LogP contribution in [0.4, 0.5) is 16.2 Å². The summed E-state index contributed by atoms with van der Waals surface area (Å²) < 4.78 is 13.4. The number of carbonyl (C=O) groups excluding carboxylic acids is 2. The quantitative estimate of drug-likeness (QED) is 0.705. The molecule has 2 rings (SSSR count). The number of likely N-dealkylation sites (N-methyl/N-ethyl adjacent to an activating group) is 1. The van der Waals surface area contributed by atoms with Gasteiger partial charge in [0, 0.05) is 13.5 Å². The van der Waals surface area contributed by atoms with Gasteiger partial charge < -0.3 is 11.1 Å². The Morgan fingerprint density at radius 1 is 1.56 bits per heavy atom. The number of likely N-dealkylation sites (tertiary alicyclic amines) is 1. The molecule has 8 heteroatoms. The maximum absolute atomic E-state index is 13.4. The van der Waals surface area contributed by atoms with Gasteiger partial charge in [-0.15, -0.1) is 0 Å². The number of piperidine rings is 1. The average molecular weight is 253 g/mol. The second-order valence-corrected chi connectivity index (χ2v) is 3.95. The van der Waals surface area contributed by atoms with Gasteiger partial charge in [0.1, 0.15) is 6.04 Å². The standard InChI is InChI=1S/C10H12FN5O2/c1-16-7(17)3-2-6(9(16)18)14-8-5(11)4-13-10(12)15-8/h4,6H,2-3H2,1H3,(H3,12,13,14,15). The number of amides is 2. The first-order valence-electron chi connectivity index (χ1n) is 5.34. The number of nitrogens with one attached hydrogen (secondary N) is 1. The molecule has 1 aromatic rings. The summed E-state index contributed by atoms with van der Waals surface area (Å²) in [5.74, 6) is -1.59. The molecule has 0 spiro atoms. The van der Waals surface area contributed by atoms with E-state index < -0.39 is 17.8 Å². The number of nitrogens with zero attached hydrogens (tertiary/aromatic N) is 3. The van der Waals surface area contributed by atoms with E-state index in [1.54, 1.807) is 0 Å². The zero-order valence-electron chi connectivity index (χ0n) is 9.68. The smallest absolute Gasteiger partial charge is 0.251 e. The van der Waals surface area contributed by atoms with Gasteiger partial charge in [-0.05, 0) is 6.42 Å². The van der Waals surface area contributed by atoms with Crippen LogP contribution < -0.4 is 11.1 Å². The fourth-order valence-electron chi connectivity index (χ4n) is 1.70. The Balaban J connectivity index is 2.16. The second kappa shape index (κ2) is 4.55. The zero-order valence-corrected chi connectivity index (χ0v) is 9.68. The number of hydrogen-bond acceptors (Lipinski definition) is 6. The second-order valence-electron chi connectivity index (χ2n) is 3.95. The minimum absolute atomic E-state index is 0.0911. The molecule has 2 amide bonds. The maximum Gasteiger partial charge on any atom is 0.251 e. The highest BCUT2D eigenvalue weighted by atomic mass is 19.1. The van der Waals surface area contributed by atoms with Crippen LogP contribution in [0.1, 0.15) is 12.8 Å². The van der Waals surface area contributed by atoms with E-state index in [1.807, 2.05) is 0 Å². The molecule has 7 nitrogen and oxygen atoms in total. The van der Waals surface area contributed by atoms with Crippen LogP contribution in [0.3, 0.4) is 0 Å². The van der Waals surface area contributed by atoms with Crippen LogP contribution in [-0.2, 0) is 9.59 Å². The van der Waals surface area contributed by atoms with E-state index in [2.05, 4.69) is 15.3 Å². The number of halogens is 1. The first kappa shape index (κ1) is 12.2. The molecule has 0 aromatic carbocycles. The van der Waals surface area contributed by atoms with Crippen molar-refractivity contribution < 1.29 is 14.0 Å². The van der Waals surface area contributed by atoms with E-state index >= 15 is 0 Å². The van der Waals surface area contributed by atoms with Crippen molar-refractivity contribution in [3.8, 4) is 0 Å². The van der Waals surface area contributed by atoms with Crippen LogP contribution >= 0.6 is 0 Å². The van der Waals surface area contributed by atoms with Gasteiger partial charge in [-0.2, -0.15) is 4.98 Å². The Morgan fingerprint density at radius 2 is 2.28 bits per heavy atom. The van der Waals surface area contributed by atoms with Gasteiger partial charge in [0.2, 0.25) is 11.9 Å². The molecule has 1 aliphatic heterocycles. The predicted molar refractivity (Wildman–Crippen MR) is 60.8 cm³/mol. The van der Waals surface area contributed by atoms with Crippen molar-refractivity contribution in [1.29, 1.82) is 0 Å². The molecule has 1 fully saturated rings. The van der Waals surface area contributed by atoms with Crippen molar-refractivity contribution in [3.63, 3.8) is 0 Å². The minimum atomic E-state index is -0.698. The minimum Gasteiger partial charge on any atom is -0.368 e. The molecule has 1 atom stereocenters. The van der Waals surface area contributed by atoms with Gasteiger partial charge in [0.15, 0.2) is 11.6 Å². The lowest BCUT2D eigenvalue weighted by molar-refractivity contribution is -0.146. The van der Waals surface area contributed by atoms with Gasteiger partial charge in [0.25, 0.3) is 5.91 Å². The predicted octanol–water partition coefficient (Wildman–Crippen LogP) is -0.243. The molecule has 96 valence electrons. The third kappa shape index (κ3) is 2.22. The number of carbonyl (C=O) groups is 2. The fourth-order valence-corrected chi connectivity index (χ4v) is 1.70. The zero-order chi connectivity index (χ0) is 13.3. The summed E-state index contributed by atoms with van der Waals surface area (Å²) >= 11 is 0. The Bertz CT molecular complexity index is 507. The summed E-state index contributed by atoms with van der Waals surface area (Å²) in [4.78, 5) is 31.2. The van der Waals surface area contributed by atoms with Crippen molar-refractivity contribution in [2.24, 2.45) is 0 Å². The molecule has 1 aliphatic rings. The van der Waals surface area contributed by atoms with Crippen molar-refractivity contribution in [3.05, 3.63) is 12.0 Å². The van der Waals surface area contributed by atoms with Gasteiger partial charge in [-0.25, -0.2) is 9.37 Å². The van der Waals surface area contributed by atoms with Crippen molar-refractivity contribution in [2.45, 2.75) is 18.9 Å². The molecule has 1 saturated heterocycles.